The van der Waals surface area contributed by atoms with Crippen LogP contribution in [0.1, 0.15) is 122 Å². The number of rotatable bonds is 24. The molecule has 2 aliphatic heterocycles. The van der Waals surface area contributed by atoms with Crippen molar-refractivity contribution in [2.45, 2.75) is 148 Å². The normalized spacial score (nSPS) is 21.2. The van der Waals surface area contributed by atoms with Crippen LogP contribution in [0.4, 0.5) is 0 Å². The van der Waals surface area contributed by atoms with E-state index in [1.165, 1.54) is 0 Å². The molecule has 56 heavy (non-hydrogen) atoms. The van der Waals surface area contributed by atoms with Gasteiger partial charge in [0.15, 0.2) is 0 Å². The van der Waals surface area contributed by atoms with Crippen LogP contribution in [0, 0.1) is 0 Å². The number of hydrogen-bond acceptors (Lipinski definition) is 7. The maximum atomic E-state index is 12.9. The average molecular weight is 810 g/mol. The lowest BCUT2D eigenvalue weighted by atomic mass is 9.87. The number of ether oxygens (including phenoxy) is 6. The summed E-state index contributed by atoms with van der Waals surface area (Å²) >= 11 is 7.35. The summed E-state index contributed by atoms with van der Waals surface area (Å²) in [5.41, 5.74) is 3.00. The predicted octanol–water partition coefficient (Wildman–Crippen LogP) is 9.55. The molecule has 2 aliphatic rings. The van der Waals surface area contributed by atoms with Gasteiger partial charge in [0.25, 0.3) is 8.32 Å². The summed E-state index contributed by atoms with van der Waals surface area (Å²) in [5, 5.41) is 2.32. The molecular formula is C47H69ClO7Si. The summed E-state index contributed by atoms with van der Waals surface area (Å²) in [5.74, 6) is 0.801. The molecule has 3 aromatic carbocycles. The summed E-state index contributed by atoms with van der Waals surface area (Å²) in [4.78, 5) is 12.9. The molecule has 310 valence electrons. The molecule has 1 fully saturated rings. The third-order valence-electron chi connectivity index (χ3n) is 11.7. The molecule has 1 N–H and O–H groups in total. The third-order valence-corrected chi connectivity index (χ3v) is 16.7. The molecule has 7 nitrogen and oxygen atoms in total. The van der Waals surface area contributed by atoms with E-state index in [0.29, 0.717) is 46.1 Å². The molecule has 0 saturated carbocycles. The summed E-state index contributed by atoms with van der Waals surface area (Å²) < 4.78 is 40.3. The second-order valence-electron chi connectivity index (χ2n) is 16.3. The average Bonchev–Trinajstić information content (AvgIpc) is 3.72. The second kappa shape index (κ2) is 22.2. The van der Waals surface area contributed by atoms with Crippen LogP contribution in [0.15, 0.2) is 66.7 Å². The highest BCUT2D eigenvalue weighted by Gasteiger charge is 2.51. The highest BCUT2D eigenvalue weighted by Crippen LogP contribution is 2.48. The molecule has 0 aliphatic carbocycles. The molecule has 5 atom stereocenters. The molecule has 9 heteroatoms. The number of fused-ring (bicyclic) bond motifs is 1. The van der Waals surface area contributed by atoms with E-state index in [4.69, 9.17) is 40.0 Å². The zero-order chi connectivity index (χ0) is 40.0. The molecule has 0 bridgehead atoms. The summed E-state index contributed by atoms with van der Waals surface area (Å²) in [6, 6.07) is 22.7. The van der Waals surface area contributed by atoms with E-state index in [1.54, 1.807) is 0 Å². The molecule has 3 aromatic rings. The van der Waals surface area contributed by atoms with E-state index < -0.39 is 25.6 Å². The van der Waals surface area contributed by atoms with E-state index in [0.717, 1.165) is 102 Å². The lowest BCUT2D eigenvalue weighted by Gasteiger charge is -2.47. The Bertz CT molecular complexity index is 1550. The van der Waals surface area contributed by atoms with Crippen LogP contribution >= 0.6 is 11.6 Å². The van der Waals surface area contributed by atoms with Gasteiger partial charge in [-0.1, -0.05) is 139 Å². The van der Waals surface area contributed by atoms with E-state index in [9.17, 15) is 4.80 Å². The monoisotopic (exact) mass is 808 g/mol. The van der Waals surface area contributed by atoms with Crippen molar-refractivity contribution in [2.75, 3.05) is 39.6 Å². The molecule has 2 heterocycles. The zero-order valence-corrected chi connectivity index (χ0v) is 36.8. The van der Waals surface area contributed by atoms with Crippen molar-refractivity contribution in [1.29, 1.82) is 0 Å². The topological polar surface area (TPSA) is 75.6 Å². The third kappa shape index (κ3) is 10.7. The van der Waals surface area contributed by atoms with Gasteiger partial charge < -0.3 is 33.2 Å². The standard InChI is InChI=1S/C47H69ClO7Si/c1-7-11-28-50-34-40-44(51-29-12-8-2)46(53-31-14-10-4)45(52-30-13-9-3)43(55-40)39-33-35(41(48)38-26-32-54-42(38)39)25-27-47(5,6)56(49,36-21-17-15-18-22-36)37-23-19-16-20-24-37/h15-24,33,40,43-46,49H,7-14,25-32,34H2,1-6H3/t40-,43?,44-,45+,46+/m1/s1. The van der Waals surface area contributed by atoms with Crippen molar-refractivity contribution in [1.82, 2.24) is 0 Å². The van der Waals surface area contributed by atoms with Crippen LogP contribution in [0.25, 0.3) is 0 Å². The zero-order valence-electron chi connectivity index (χ0n) is 35.0. The minimum Gasteiger partial charge on any atom is -0.493 e. The Hall–Kier alpha value is -2.27. The van der Waals surface area contributed by atoms with Crippen LogP contribution in [-0.2, 0) is 36.5 Å². The maximum Gasteiger partial charge on any atom is 0.258 e. The molecule has 0 radical (unpaired) electrons. The van der Waals surface area contributed by atoms with Gasteiger partial charge in [-0.05, 0) is 65.6 Å². The lowest BCUT2D eigenvalue weighted by Crippen LogP contribution is -2.65. The fourth-order valence-electron chi connectivity index (χ4n) is 8.17. The van der Waals surface area contributed by atoms with Crippen LogP contribution < -0.4 is 15.1 Å². The van der Waals surface area contributed by atoms with Gasteiger partial charge in [-0.25, -0.2) is 0 Å². The fraction of sp³-hybridized carbons (Fsp3) is 0.617. The Balaban J connectivity index is 1.55. The maximum absolute atomic E-state index is 12.9. The van der Waals surface area contributed by atoms with E-state index >= 15 is 0 Å². The van der Waals surface area contributed by atoms with Crippen molar-refractivity contribution in [3.05, 3.63) is 88.4 Å². The van der Waals surface area contributed by atoms with Crippen LogP contribution in [-0.4, -0.2) is 77.2 Å². The molecule has 1 saturated heterocycles. The van der Waals surface area contributed by atoms with E-state index in [2.05, 4.69) is 71.9 Å². The first kappa shape index (κ1) is 44.8. The number of aryl methyl sites for hydroxylation is 1. The Morgan fingerprint density at radius 3 is 1.86 bits per heavy atom. The van der Waals surface area contributed by atoms with E-state index in [-0.39, 0.29) is 18.3 Å². The van der Waals surface area contributed by atoms with Crippen molar-refractivity contribution >= 4 is 30.3 Å². The number of unbranched alkanes of at least 4 members (excludes halogenated alkanes) is 4. The SMILES string of the molecule is CCCCOC[C@H]1OC(c2cc(CCC(C)(C)[Si](O)(c3ccccc3)c3ccccc3)c(Cl)c3c2OCC3)[C@H](OCCCC)[C@@H](OCCCC)[C@@H]1OCCCC. The smallest absolute Gasteiger partial charge is 0.258 e. The summed E-state index contributed by atoms with van der Waals surface area (Å²) in [6.45, 7) is 16.6. The number of halogens is 1. The van der Waals surface area contributed by atoms with Crippen molar-refractivity contribution in [3.8, 4) is 5.75 Å². The minimum absolute atomic E-state index is 0.344. The molecule has 1 unspecified atom stereocenters. The van der Waals surface area contributed by atoms with Crippen LogP contribution in [0.5, 0.6) is 5.75 Å². The van der Waals surface area contributed by atoms with Crippen molar-refractivity contribution in [3.63, 3.8) is 0 Å². The minimum atomic E-state index is -3.23. The van der Waals surface area contributed by atoms with Crippen molar-refractivity contribution in [2.24, 2.45) is 0 Å². The van der Waals surface area contributed by atoms with Crippen molar-refractivity contribution < 1.29 is 33.2 Å². The molecule has 5 rings (SSSR count). The highest BCUT2D eigenvalue weighted by atomic mass is 35.5. The first-order valence-electron chi connectivity index (χ1n) is 21.6. The molecular weight excluding hydrogens is 740 g/mol. The predicted molar refractivity (Wildman–Crippen MR) is 230 cm³/mol. The number of hydrogen-bond donors (Lipinski definition) is 1. The summed E-state index contributed by atoms with van der Waals surface area (Å²) in [7, 11) is -3.23. The van der Waals surface area contributed by atoms with Gasteiger partial charge in [0.05, 0.1) is 18.2 Å². The summed E-state index contributed by atoms with van der Waals surface area (Å²) in [6.07, 6.45) is 8.12. The van der Waals surface area contributed by atoms with Gasteiger partial charge in [-0.15, -0.1) is 0 Å². The molecule has 0 amide bonds. The van der Waals surface area contributed by atoms with Gasteiger partial charge in [0.2, 0.25) is 0 Å². The van der Waals surface area contributed by atoms with Crippen LogP contribution in [0.2, 0.25) is 10.1 Å². The quantitative estimate of drug-likeness (QED) is 0.0714. The molecule has 0 spiro atoms. The van der Waals surface area contributed by atoms with E-state index in [1.807, 2.05) is 36.4 Å². The largest absolute Gasteiger partial charge is 0.493 e. The van der Waals surface area contributed by atoms with Gasteiger partial charge in [0, 0.05) is 44.0 Å². The fourth-order valence-corrected chi connectivity index (χ4v) is 12.2. The molecule has 0 aromatic heterocycles. The van der Waals surface area contributed by atoms with Gasteiger partial charge >= 0.3 is 0 Å². The Morgan fingerprint density at radius 1 is 0.750 bits per heavy atom. The Labute approximate surface area is 343 Å². The second-order valence-corrected chi connectivity index (χ2v) is 20.6. The Morgan fingerprint density at radius 2 is 1.29 bits per heavy atom. The van der Waals surface area contributed by atoms with Gasteiger partial charge in [-0.3, -0.25) is 0 Å². The van der Waals surface area contributed by atoms with Gasteiger partial charge in [-0.2, -0.15) is 0 Å². The Kier molecular flexibility index (Phi) is 17.8. The highest BCUT2D eigenvalue weighted by molar-refractivity contribution is 6.98. The lowest BCUT2D eigenvalue weighted by molar-refractivity contribution is -0.268. The van der Waals surface area contributed by atoms with Crippen LogP contribution in [0.3, 0.4) is 0 Å². The first-order chi connectivity index (χ1) is 27.2. The van der Waals surface area contributed by atoms with Gasteiger partial charge in [0.1, 0.15) is 36.3 Å². The number of benzene rings is 3. The first-order valence-corrected chi connectivity index (χ1v) is 23.9.